The number of aryl methyl sites for hydroxylation is 2. The van der Waals surface area contributed by atoms with Crippen LogP contribution in [-0.2, 0) is 13.0 Å². The number of carbonyl (C=O) groups is 1. The molecule has 0 unspecified atom stereocenters. The zero-order valence-corrected chi connectivity index (χ0v) is 9.39. The van der Waals surface area contributed by atoms with Gasteiger partial charge in [0, 0.05) is 24.5 Å². The summed E-state index contributed by atoms with van der Waals surface area (Å²) in [4.78, 5) is 11.1. The molecule has 2 rings (SSSR count). The van der Waals surface area contributed by atoms with E-state index in [2.05, 4.69) is 16.7 Å². The van der Waals surface area contributed by atoms with Crippen molar-refractivity contribution in [2.45, 2.75) is 19.9 Å². The van der Waals surface area contributed by atoms with Gasteiger partial charge in [0.05, 0.1) is 0 Å². The quantitative estimate of drug-likeness (QED) is 0.716. The van der Waals surface area contributed by atoms with Crippen LogP contribution >= 0.6 is 0 Å². The fraction of sp³-hybridized carbons (Fsp3) is 0.214. The normalized spacial score (nSPS) is 10.3. The summed E-state index contributed by atoms with van der Waals surface area (Å²) < 4.78 is 2.06. The van der Waals surface area contributed by atoms with E-state index in [0.717, 1.165) is 18.5 Å². The predicted molar refractivity (Wildman–Crippen MR) is 64.6 cm³/mol. The zero-order valence-electron chi connectivity index (χ0n) is 9.39. The third kappa shape index (κ3) is 2.60. The Morgan fingerprint density at radius 3 is 2.56 bits per heavy atom. The van der Waals surface area contributed by atoms with Gasteiger partial charge in [-0.2, -0.15) is 0 Å². The number of ketones is 1. The molecule has 2 aromatic rings. The molecule has 0 N–H and O–H groups in total. The molecule has 0 saturated heterocycles. The van der Waals surface area contributed by atoms with Crippen LogP contribution in [0.15, 0.2) is 48.8 Å². The molecule has 1 heterocycles. The van der Waals surface area contributed by atoms with Gasteiger partial charge < -0.3 is 4.57 Å². The van der Waals surface area contributed by atoms with Crippen molar-refractivity contribution < 1.29 is 4.79 Å². The molecule has 0 radical (unpaired) electrons. The number of hydrogen-bond acceptors (Lipinski definition) is 1. The van der Waals surface area contributed by atoms with E-state index in [1.165, 1.54) is 5.56 Å². The molecule has 16 heavy (non-hydrogen) atoms. The van der Waals surface area contributed by atoms with Gasteiger partial charge in [-0.25, -0.2) is 0 Å². The van der Waals surface area contributed by atoms with Crippen LogP contribution in [0, 0.1) is 0 Å². The fourth-order valence-electron chi connectivity index (χ4n) is 1.69. The highest BCUT2D eigenvalue weighted by molar-refractivity contribution is 5.93. The minimum atomic E-state index is 0.124. The Labute approximate surface area is 95.5 Å². The maximum absolute atomic E-state index is 11.1. The first kappa shape index (κ1) is 10.7. The van der Waals surface area contributed by atoms with Gasteiger partial charge in [-0.15, -0.1) is 0 Å². The standard InChI is InChI=1S/C14H15NO/c1-12(16)14-8-10-15(11-14)9-7-13-5-3-2-4-6-13/h2-6,8,10-11H,7,9H2,1H3. The molecule has 0 aliphatic heterocycles. The highest BCUT2D eigenvalue weighted by Gasteiger charge is 2.01. The maximum atomic E-state index is 11.1. The van der Waals surface area contributed by atoms with Crippen molar-refractivity contribution in [2.24, 2.45) is 0 Å². The SMILES string of the molecule is CC(=O)c1ccn(CCc2ccccc2)c1. The number of benzene rings is 1. The lowest BCUT2D eigenvalue weighted by Crippen LogP contribution is -1.98. The van der Waals surface area contributed by atoms with Crippen molar-refractivity contribution >= 4 is 5.78 Å². The Hall–Kier alpha value is -1.83. The van der Waals surface area contributed by atoms with E-state index in [1.807, 2.05) is 36.7 Å². The van der Waals surface area contributed by atoms with Gasteiger partial charge >= 0.3 is 0 Å². The van der Waals surface area contributed by atoms with Crippen LogP contribution in [0.25, 0.3) is 0 Å². The van der Waals surface area contributed by atoms with Crippen LogP contribution in [0.5, 0.6) is 0 Å². The second-order valence-electron chi connectivity index (χ2n) is 3.93. The minimum Gasteiger partial charge on any atom is -0.353 e. The lowest BCUT2D eigenvalue weighted by Gasteiger charge is -2.02. The summed E-state index contributed by atoms with van der Waals surface area (Å²) in [6, 6.07) is 12.2. The van der Waals surface area contributed by atoms with E-state index in [9.17, 15) is 4.79 Å². The average Bonchev–Trinajstić information content (AvgIpc) is 2.76. The summed E-state index contributed by atoms with van der Waals surface area (Å²) in [7, 11) is 0. The molecule has 0 aliphatic carbocycles. The van der Waals surface area contributed by atoms with E-state index < -0.39 is 0 Å². The van der Waals surface area contributed by atoms with Gasteiger partial charge in [0.1, 0.15) is 0 Å². The molecule has 1 aromatic carbocycles. The van der Waals surface area contributed by atoms with Crippen molar-refractivity contribution in [1.29, 1.82) is 0 Å². The van der Waals surface area contributed by atoms with Crippen LogP contribution in [0.3, 0.4) is 0 Å². The maximum Gasteiger partial charge on any atom is 0.161 e. The number of rotatable bonds is 4. The van der Waals surface area contributed by atoms with Crippen LogP contribution < -0.4 is 0 Å². The number of carbonyl (C=O) groups excluding carboxylic acids is 1. The van der Waals surface area contributed by atoms with Crippen LogP contribution in [0.1, 0.15) is 22.8 Å². The molecular formula is C14H15NO. The number of nitrogens with zero attached hydrogens (tertiary/aromatic N) is 1. The third-order valence-electron chi connectivity index (χ3n) is 2.66. The molecule has 2 nitrogen and oxygen atoms in total. The fourth-order valence-corrected chi connectivity index (χ4v) is 1.69. The second kappa shape index (κ2) is 4.79. The van der Waals surface area contributed by atoms with E-state index in [0.29, 0.717) is 0 Å². The highest BCUT2D eigenvalue weighted by atomic mass is 16.1. The van der Waals surface area contributed by atoms with E-state index in [1.54, 1.807) is 6.92 Å². The third-order valence-corrected chi connectivity index (χ3v) is 2.66. The molecule has 82 valence electrons. The predicted octanol–water partition coefficient (Wildman–Crippen LogP) is 2.93. The Kier molecular flexibility index (Phi) is 3.20. The molecule has 0 fully saturated rings. The molecule has 0 saturated carbocycles. The van der Waals surface area contributed by atoms with Crippen LogP contribution in [0.2, 0.25) is 0 Å². The number of hydrogen-bond donors (Lipinski definition) is 0. The van der Waals surface area contributed by atoms with Gasteiger partial charge in [0.25, 0.3) is 0 Å². The molecule has 0 spiro atoms. The van der Waals surface area contributed by atoms with Gasteiger partial charge in [-0.1, -0.05) is 30.3 Å². The van der Waals surface area contributed by atoms with Crippen molar-refractivity contribution in [3.63, 3.8) is 0 Å². The largest absolute Gasteiger partial charge is 0.353 e. The minimum absolute atomic E-state index is 0.124. The second-order valence-corrected chi connectivity index (χ2v) is 3.93. The van der Waals surface area contributed by atoms with Crippen LogP contribution in [-0.4, -0.2) is 10.4 Å². The molecule has 0 aliphatic rings. The van der Waals surface area contributed by atoms with Gasteiger partial charge in [0.2, 0.25) is 0 Å². The Morgan fingerprint density at radius 2 is 1.94 bits per heavy atom. The summed E-state index contributed by atoms with van der Waals surface area (Å²) in [5.41, 5.74) is 2.11. The number of Topliss-reactive ketones (excluding diaryl/α,β-unsaturated/α-hetero) is 1. The summed E-state index contributed by atoms with van der Waals surface area (Å²) in [5, 5.41) is 0. The smallest absolute Gasteiger partial charge is 0.161 e. The van der Waals surface area contributed by atoms with Gasteiger partial charge in [0.15, 0.2) is 5.78 Å². The lowest BCUT2D eigenvalue weighted by molar-refractivity contribution is 0.101. The summed E-state index contributed by atoms with van der Waals surface area (Å²) in [6.45, 7) is 2.51. The van der Waals surface area contributed by atoms with E-state index in [-0.39, 0.29) is 5.78 Å². The molecule has 0 bridgehead atoms. The Balaban J connectivity index is 1.97. The number of aromatic nitrogens is 1. The first-order valence-electron chi connectivity index (χ1n) is 5.46. The average molecular weight is 213 g/mol. The Morgan fingerprint density at radius 1 is 1.19 bits per heavy atom. The Bertz CT molecular complexity index is 470. The highest BCUT2D eigenvalue weighted by Crippen LogP contribution is 2.05. The molecule has 1 aromatic heterocycles. The monoisotopic (exact) mass is 213 g/mol. The van der Waals surface area contributed by atoms with Crippen molar-refractivity contribution in [3.8, 4) is 0 Å². The summed E-state index contributed by atoms with van der Waals surface area (Å²) >= 11 is 0. The molecule has 0 atom stereocenters. The molecular weight excluding hydrogens is 198 g/mol. The first-order valence-corrected chi connectivity index (χ1v) is 5.46. The molecule has 0 amide bonds. The van der Waals surface area contributed by atoms with Crippen molar-refractivity contribution in [1.82, 2.24) is 4.57 Å². The van der Waals surface area contributed by atoms with E-state index in [4.69, 9.17) is 0 Å². The first-order chi connectivity index (χ1) is 7.75. The summed E-state index contributed by atoms with van der Waals surface area (Å²) in [5.74, 6) is 0.124. The summed E-state index contributed by atoms with van der Waals surface area (Å²) in [6.07, 6.45) is 4.86. The van der Waals surface area contributed by atoms with Crippen molar-refractivity contribution in [3.05, 3.63) is 59.9 Å². The van der Waals surface area contributed by atoms with Gasteiger partial charge in [-0.05, 0) is 25.0 Å². The van der Waals surface area contributed by atoms with Gasteiger partial charge in [-0.3, -0.25) is 4.79 Å². The lowest BCUT2D eigenvalue weighted by atomic mass is 10.1. The zero-order chi connectivity index (χ0) is 11.4. The van der Waals surface area contributed by atoms with E-state index >= 15 is 0 Å². The topological polar surface area (TPSA) is 22.0 Å². The van der Waals surface area contributed by atoms with Crippen molar-refractivity contribution in [2.75, 3.05) is 0 Å². The van der Waals surface area contributed by atoms with Crippen LogP contribution in [0.4, 0.5) is 0 Å². The molecule has 2 heteroatoms.